The van der Waals surface area contributed by atoms with Crippen LogP contribution in [0.15, 0.2) is 46.0 Å². The molecular formula is C22H23N3O4. The molecule has 0 bridgehead atoms. The minimum atomic E-state index is -0.468. The van der Waals surface area contributed by atoms with Crippen LogP contribution in [0.2, 0.25) is 0 Å². The summed E-state index contributed by atoms with van der Waals surface area (Å²) in [5, 5.41) is 0.397. The average molecular weight is 393 g/mol. The Morgan fingerprint density at radius 3 is 2.69 bits per heavy atom. The van der Waals surface area contributed by atoms with E-state index < -0.39 is 5.69 Å². The van der Waals surface area contributed by atoms with Crippen molar-refractivity contribution in [2.75, 3.05) is 13.2 Å². The number of aromatic nitrogens is 2. The predicted octanol–water partition coefficient (Wildman–Crippen LogP) is 2.31. The van der Waals surface area contributed by atoms with Gasteiger partial charge in [-0.1, -0.05) is 6.07 Å². The molecule has 0 saturated heterocycles. The summed E-state index contributed by atoms with van der Waals surface area (Å²) in [6, 6.07) is 10.9. The number of aromatic amines is 1. The maximum atomic E-state index is 13.1. The fourth-order valence-electron chi connectivity index (χ4n) is 3.82. The molecule has 0 aliphatic carbocycles. The smallest absolute Gasteiger partial charge is 0.328 e. The Balaban J connectivity index is 1.65. The monoisotopic (exact) mass is 393 g/mol. The van der Waals surface area contributed by atoms with Crippen molar-refractivity contribution in [2.24, 2.45) is 0 Å². The number of ether oxygens (including phenoxy) is 1. The number of fused-ring (bicyclic) bond motifs is 2. The molecule has 150 valence electrons. The van der Waals surface area contributed by atoms with Gasteiger partial charge in [-0.3, -0.25) is 14.2 Å². The third-order valence-electron chi connectivity index (χ3n) is 5.33. The predicted molar refractivity (Wildman–Crippen MR) is 111 cm³/mol. The zero-order valence-corrected chi connectivity index (χ0v) is 16.5. The van der Waals surface area contributed by atoms with E-state index in [9.17, 15) is 14.4 Å². The second-order valence-corrected chi connectivity index (χ2v) is 7.08. The van der Waals surface area contributed by atoms with E-state index in [1.807, 2.05) is 19.1 Å². The van der Waals surface area contributed by atoms with Crippen molar-refractivity contribution in [1.29, 1.82) is 0 Å². The first kappa shape index (κ1) is 19.0. The number of amides is 1. The summed E-state index contributed by atoms with van der Waals surface area (Å²) in [4.78, 5) is 42.1. The van der Waals surface area contributed by atoms with Crippen LogP contribution < -0.4 is 16.0 Å². The highest BCUT2D eigenvalue weighted by molar-refractivity contribution is 5.97. The molecule has 1 aliphatic heterocycles. The first-order valence-corrected chi connectivity index (χ1v) is 9.82. The lowest BCUT2D eigenvalue weighted by Crippen LogP contribution is -2.36. The van der Waals surface area contributed by atoms with Crippen LogP contribution >= 0.6 is 0 Å². The fraction of sp³-hybridized carbons (Fsp3) is 0.318. The molecule has 0 saturated carbocycles. The molecule has 1 aliphatic rings. The Morgan fingerprint density at radius 1 is 1.10 bits per heavy atom. The van der Waals surface area contributed by atoms with Gasteiger partial charge < -0.3 is 14.6 Å². The Kier molecular flexibility index (Phi) is 4.96. The Bertz CT molecular complexity index is 1210. The minimum Gasteiger partial charge on any atom is -0.494 e. The van der Waals surface area contributed by atoms with Gasteiger partial charge in [0.15, 0.2) is 0 Å². The number of hydrogen-bond donors (Lipinski definition) is 1. The van der Waals surface area contributed by atoms with E-state index in [1.165, 1.54) is 5.56 Å². The number of rotatable bonds is 4. The summed E-state index contributed by atoms with van der Waals surface area (Å²) in [5.41, 5.74) is 2.32. The van der Waals surface area contributed by atoms with Gasteiger partial charge in [0, 0.05) is 25.2 Å². The van der Waals surface area contributed by atoms with Crippen LogP contribution in [0.4, 0.5) is 0 Å². The van der Waals surface area contributed by atoms with E-state index >= 15 is 0 Å². The summed E-state index contributed by atoms with van der Waals surface area (Å²) < 4.78 is 6.71. The number of benzene rings is 2. The second kappa shape index (κ2) is 7.58. The molecule has 7 nitrogen and oxygen atoms in total. The molecule has 2 heterocycles. The first-order valence-electron chi connectivity index (χ1n) is 9.82. The molecule has 0 radical (unpaired) electrons. The Hall–Kier alpha value is -3.35. The van der Waals surface area contributed by atoms with Crippen LogP contribution in [0.3, 0.4) is 0 Å². The SMILES string of the molecule is CCOc1ccc2c(c1)CN(C(=O)c1ccc3c(=O)n(CC)c(=O)[nH]c3c1)CC2. The number of nitrogens with one attached hydrogen (secondary N) is 1. The molecule has 0 spiro atoms. The molecule has 4 rings (SSSR count). The summed E-state index contributed by atoms with van der Waals surface area (Å²) in [5.74, 6) is 0.677. The van der Waals surface area contributed by atoms with Gasteiger partial charge in [0.2, 0.25) is 0 Å². The molecular weight excluding hydrogens is 370 g/mol. The van der Waals surface area contributed by atoms with Crippen LogP contribution in [0, 0.1) is 0 Å². The summed E-state index contributed by atoms with van der Waals surface area (Å²) in [6.45, 7) is 5.69. The second-order valence-electron chi connectivity index (χ2n) is 7.08. The van der Waals surface area contributed by atoms with Crippen molar-refractivity contribution in [3.8, 4) is 5.75 Å². The largest absolute Gasteiger partial charge is 0.494 e. The van der Waals surface area contributed by atoms with E-state index in [1.54, 1.807) is 30.0 Å². The number of H-pyrrole nitrogens is 1. The molecule has 1 N–H and O–H groups in total. The third-order valence-corrected chi connectivity index (χ3v) is 5.33. The van der Waals surface area contributed by atoms with Gasteiger partial charge in [0.25, 0.3) is 11.5 Å². The average Bonchev–Trinajstić information content (AvgIpc) is 2.73. The molecule has 0 unspecified atom stereocenters. The van der Waals surface area contributed by atoms with E-state index in [0.717, 1.165) is 22.3 Å². The van der Waals surface area contributed by atoms with Crippen molar-refractivity contribution in [2.45, 2.75) is 33.4 Å². The van der Waals surface area contributed by atoms with E-state index in [-0.39, 0.29) is 11.5 Å². The van der Waals surface area contributed by atoms with Gasteiger partial charge in [-0.15, -0.1) is 0 Å². The van der Waals surface area contributed by atoms with Gasteiger partial charge in [-0.2, -0.15) is 0 Å². The number of nitrogens with zero attached hydrogens (tertiary/aromatic N) is 2. The van der Waals surface area contributed by atoms with Crippen molar-refractivity contribution in [3.63, 3.8) is 0 Å². The highest BCUT2D eigenvalue weighted by Crippen LogP contribution is 2.25. The molecule has 3 aromatic rings. The topological polar surface area (TPSA) is 84.4 Å². The highest BCUT2D eigenvalue weighted by atomic mass is 16.5. The van der Waals surface area contributed by atoms with E-state index in [0.29, 0.717) is 42.7 Å². The van der Waals surface area contributed by atoms with Crippen LogP contribution in [-0.2, 0) is 19.5 Å². The van der Waals surface area contributed by atoms with E-state index in [2.05, 4.69) is 11.1 Å². The first-order chi connectivity index (χ1) is 14.0. The van der Waals surface area contributed by atoms with Crippen LogP contribution in [-0.4, -0.2) is 33.5 Å². The lowest BCUT2D eigenvalue weighted by Gasteiger charge is -2.29. The van der Waals surface area contributed by atoms with Crippen LogP contribution in [0.25, 0.3) is 10.9 Å². The minimum absolute atomic E-state index is 0.125. The van der Waals surface area contributed by atoms with Crippen molar-refractivity contribution in [3.05, 3.63) is 73.9 Å². The fourth-order valence-corrected chi connectivity index (χ4v) is 3.82. The molecule has 29 heavy (non-hydrogen) atoms. The van der Waals surface area contributed by atoms with Crippen LogP contribution in [0.1, 0.15) is 35.3 Å². The zero-order valence-electron chi connectivity index (χ0n) is 16.5. The standard InChI is InChI=1S/C22H23N3O4/c1-3-25-21(27)18-8-6-15(12-19(18)23-22(25)28)20(26)24-10-9-14-5-7-17(29-4-2)11-16(14)13-24/h5-8,11-12H,3-4,9-10,13H2,1-2H3,(H,23,28). The van der Waals surface area contributed by atoms with Gasteiger partial charge >= 0.3 is 5.69 Å². The lowest BCUT2D eigenvalue weighted by atomic mass is 9.98. The van der Waals surface area contributed by atoms with Crippen LogP contribution in [0.5, 0.6) is 5.75 Å². The number of carbonyl (C=O) groups excluding carboxylic acids is 1. The molecule has 1 aromatic heterocycles. The van der Waals surface area contributed by atoms with Crippen molar-refractivity contribution < 1.29 is 9.53 Å². The van der Waals surface area contributed by atoms with E-state index in [4.69, 9.17) is 4.74 Å². The van der Waals surface area contributed by atoms with Gasteiger partial charge in [0.1, 0.15) is 5.75 Å². The summed E-state index contributed by atoms with van der Waals surface area (Å²) in [6.07, 6.45) is 0.777. The number of hydrogen-bond acceptors (Lipinski definition) is 4. The zero-order chi connectivity index (χ0) is 20.5. The molecule has 1 amide bonds. The lowest BCUT2D eigenvalue weighted by molar-refractivity contribution is 0.0734. The third kappa shape index (κ3) is 3.44. The maximum absolute atomic E-state index is 13.1. The normalized spacial score (nSPS) is 13.4. The molecule has 2 aromatic carbocycles. The molecule has 7 heteroatoms. The Morgan fingerprint density at radius 2 is 1.93 bits per heavy atom. The molecule has 0 fully saturated rings. The molecule has 0 atom stereocenters. The van der Waals surface area contributed by atoms with Crippen molar-refractivity contribution in [1.82, 2.24) is 14.5 Å². The number of carbonyl (C=O) groups is 1. The maximum Gasteiger partial charge on any atom is 0.328 e. The summed E-state index contributed by atoms with van der Waals surface area (Å²) in [7, 11) is 0. The highest BCUT2D eigenvalue weighted by Gasteiger charge is 2.23. The quantitative estimate of drug-likeness (QED) is 0.737. The van der Waals surface area contributed by atoms with Gasteiger partial charge in [-0.05, 0) is 61.7 Å². The van der Waals surface area contributed by atoms with Gasteiger partial charge in [0.05, 0.1) is 17.5 Å². The van der Waals surface area contributed by atoms with Crippen molar-refractivity contribution >= 4 is 16.8 Å². The van der Waals surface area contributed by atoms with Gasteiger partial charge in [-0.25, -0.2) is 4.79 Å². The summed E-state index contributed by atoms with van der Waals surface area (Å²) >= 11 is 0. The Labute approximate surface area is 167 Å².